The molecule has 2 aliphatic rings. The maximum absolute atomic E-state index is 14.2. The quantitative estimate of drug-likeness (QED) is 0.235. The van der Waals surface area contributed by atoms with Crippen LogP contribution in [0.2, 0.25) is 0 Å². The molecule has 0 saturated carbocycles. The Kier molecular flexibility index (Phi) is 11.1. The molecule has 45 heavy (non-hydrogen) atoms. The van der Waals surface area contributed by atoms with Gasteiger partial charge in [0, 0.05) is 45.0 Å². The van der Waals surface area contributed by atoms with Gasteiger partial charge in [0.1, 0.15) is 10.9 Å². The van der Waals surface area contributed by atoms with Gasteiger partial charge in [-0.25, -0.2) is 13.4 Å². The predicted octanol–water partition coefficient (Wildman–Crippen LogP) is 3.86. The summed E-state index contributed by atoms with van der Waals surface area (Å²) >= 11 is 1.42. The van der Waals surface area contributed by atoms with Crippen LogP contribution in [0, 0.1) is 11.8 Å². The van der Waals surface area contributed by atoms with E-state index in [0.29, 0.717) is 61.6 Å². The van der Waals surface area contributed by atoms with Crippen LogP contribution in [-0.2, 0) is 43.6 Å². The molecule has 3 heterocycles. The lowest BCUT2D eigenvalue weighted by Crippen LogP contribution is -2.51. The maximum Gasteiger partial charge on any atom is 0.306 e. The number of sulfonamides is 1. The Morgan fingerprint density at radius 3 is 2.71 bits per heavy atom. The number of likely N-dealkylation sites (tertiary alicyclic amines) is 1. The van der Waals surface area contributed by atoms with E-state index in [9.17, 15) is 27.5 Å². The molecule has 244 valence electrons. The SMILES string of the molecule is CCOC(=O)CCc1cc2c(c(S(=O)(=O)NC(Cc3nc4ccccc4s3)C(=O)N3CCC(CCF)CC3)c1)NCC(CO)C2. The van der Waals surface area contributed by atoms with Crippen molar-refractivity contribution in [3.63, 3.8) is 0 Å². The number of alkyl halides is 1. The average Bonchev–Trinajstić information content (AvgIpc) is 3.45. The third-order valence-electron chi connectivity index (χ3n) is 8.55. The predicted molar refractivity (Wildman–Crippen MR) is 171 cm³/mol. The summed E-state index contributed by atoms with van der Waals surface area (Å²) in [4.78, 5) is 32.4. The standard InChI is InChI=1S/C32H41FN4O6S2/c1-2-43-30(39)8-7-22-15-24-16-23(20-38)19-34-31(24)28(17-22)45(41,42)36-26(18-29-35-25-5-3-4-6-27(25)44-29)32(40)37-13-10-21(9-12-33)11-14-37/h3-6,15,17,21,23,26,34,36,38H,2,7-14,16,18-20H2,1H3. The number of aliphatic hydroxyl groups excluding tert-OH is 1. The summed E-state index contributed by atoms with van der Waals surface area (Å²) in [6.07, 6.45) is 2.72. The van der Waals surface area contributed by atoms with Gasteiger partial charge in [-0.15, -0.1) is 11.3 Å². The lowest BCUT2D eigenvalue weighted by Gasteiger charge is -2.34. The van der Waals surface area contributed by atoms with Crippen molar-refractivity contribution in [3.05, 3.63) is 52.5 Å². The fourth-order valence-electron chi connectivity index (χ4n) is 6.12. The van der Waals surface area contributed by atoms with Crippen molar-refractivity contribution in [1.82, 2.24) is 14.6 Å². The first kappa shape index (κ1) is 33.2. The zero-order valence-electron chi connectivity index (χ0n) is 25.5. The Labute approximate surface area is 267 Å². The second kappa shape index (κ2) is 15.0. The average molecular weight is 661 g/mol. The Morgan fingerprint density at radius 2 is 2.00 bits per heavy atom. The summed E-state index contributed by atoms with van der Waals surface area (Å²) in [5.41, 5.74) is 2.59. The number of esters is 1. The van der Waals surface area contributed by atoms with Crippen molar-refractivity contribution in [3.8, 4) is 0 Å². The minimum atomic E-state index is -4.26. The number of nitrogens with zero attached hydrogens (tertiary/aromatic N) is 2. The third kappa shape index (κ3) is 8.18. The number of hydrogen-bond acceptors (Lipinski definition) is 9. The van der Waals surface area contributed by atoms with Gasteiger partial charge in [-0.1, -0.05) is 18.2 Å². The molecule has 2 unspecified atom stereocenters. The molecule has 0 bridgehead atoms. The van der Waals surface area contributed by atoms with Gasteiger partial charge in [-0.3, -0.25) is 14.0 Å². The number of aryl methyl sites for hydroxylation is 1. The number of nitrogens with one attached hydrogen (secondary N) is 2. The molecule has 2 atom stereocenters. The minimum absolute atomic E-state index is 0.000924. The van der Waals surface area contributed by atoms with E-state index in [-0.39, 0.29) is 61.1 Å². The number of carbonyl (C=O) groups is 2. The van der Waals surface area contributed by atoms with Crippen LogP contribution in [0.5, 0.6) is 0 Å². The zero-order valence-corrected chi connectivity index (χ0v) is 27.1. The summed E-state index contributed by atoms with van der Waals surface area (Å²) < 4.78 is 50.1. The molecule has 0 aliphatic carbocycles. The molecule has 1 saturated heterocycles. The van der Waals surface area contributed by atoms with Gasteiger partial charge < -0.3 is 20.1 Å². The number of carbonyl (C=O) groups excluding carboxylic acids is 2. The van der Waals surface area contributed by atoms with Crippen LogP contribution in [0.4, 0.5) is 10.1 Å². The Hall–Kier alpha value is -3.13. The van der Waals surface area contributed by atoms with Crippen LogP contribution in [0.25, 0.3) is 10.2 Å². The molecule has 2 aliphatic heterocycles. The number of fused-ring (bicyclic) bond motifs is 2. The van der Waals surface area contributed by atoms with Gasteiger partial charge in [0.2, 0.25) is 15.9 Å². The number of amides is 1. The molecular weight excluding hydrogens is 620 g/mol. The highest BCUT2D eigenvalue weighted by Crippen LogP contribution is 2.34. The van der Waals surface area contributed by atoms with Crippen molar-refractivity contribution >= 4 is 49.1 Å². The third-order valence-corrected chi connectivity index (χ3v) is 11.1. The van der Waals surface area contributed by atoms with E-state index in [2.05, 4.69) is 15.0 Å². The first-order chi connectivity index (χ1) is 21.7. The van der Waals surface area contributed by atoms with Crippen LogP contribution in [-0.4, -0.2) is 80.8 Å². The van der Waals surface area contributed by atoms with Gasteiger partial charge in [0.25, 0.3) is 0 Å². The van der Waals surface area contributed by atoms with Crippen LogP contribution in [0.15, 0.2) is 41.3 Å². The number of aromatic nitrogens is 1. The van der Waals surface area contributed by atoms with Gasteiger partial charge in [-0.05, 0) is 74.3 Å². The highest BCUT2D eigenvalue weighted by molar-refractivity contribution is 7.89. The van der Waals surface area contributed by atoms with Crippen molar-refractivity contribution < 1.29 is 32.2 Å². The molecule has 1 aromatic heterocycles. The maximum atomic E-state index is 14.2. The summed E-state index contributed by atoms with van der Waals surface area (Å²) in [6.45, 7) is 2.80. The smallest absolute Gasteiger partial charge is 0.306 e. The molecule has 13 heteroatoms. The Bertz CT molecular complexity index is 1570. The second-order valence-electron chi connectivity index (χ2n) is 11.8. The summed E-state index contributed by atoms with van der Waals surface area (Å²) in [5.74, 6) is -0.593. The van der Waals surface area contributed by atoms with Gasteiger partial charge >= 0.3 is 5.97 Å². The van der Waals surface area contributed by atoms with Crippen molar-refractivity contribution in [2.45, 2.75) is 62.8 Å². The Balaban J connectivity index is 1.46. The fraction of sp³-hybridized carbons (Fsp3) is 0.531. The lowest BCUT2D eigenvalue weighted by atomic mass is 9.92. The second-order valence-corrected chi connectivity index (χ2v) is 14.6. The number of piperidine rings is 1. The first-order valence-electron chi connectivity index (χ1n) is 15.6. The fourth-order valence-corrected chi connectivity index (χ4v) is 8.60. The van der Waals surface area contributed by atoms with E-state index in [1.54, 1.807) is 17.9 Å². The van der Waals surface area contributed by atoms with E-state index >= 15 is 0 Å². The Morgan fingerprint density at radius 1 is 1.22 bits per heavy atom. The van der Waals surface area contributed by atoms with Crippen molar-refractivity contribution in [2.24, 2.45) is 11.8 Å². The number of rotatable bonds is 13. The summed E-state index contributed by atoms with van der Waals surface area (Å²) in [6, 6.07) is 9.91. The van der Waals surface area contributed by atoms with Crippen LogP contribution in [0.1, 0.15) is 48.7 Å². The number of aliphatic hydroxyl groups is 1. The van der Waals surface area contributed by atoms with Crippen molar-refractivity contribution in [2.75, 3.05) is 44.8 Å². The first-order valence-corrected chi connectivity index (χ1v) is 17.9. The highest BCUT2D eigenvalue weighted by Gasteiger charge is 2.35. The van der Waals surface area contributed by atoms with Gasteiger partial charge in [0.05, 0.1) is 34.2 Å². The normalized spacial score (nSPS) is 17.9. The van der Waals surface area contributed by atoms with E-state index in [4.69, 9.17) is 4.74 Å². The minimum Gasteiger partial charge on any atom is -0.466 e. The number of benzene rings is 2. The molecule has 1 fully saturated rings. The van der Waals surface area contributed by atoms with E-state index in [0.717, 1.165) is 15.8 Å². The molecule has 5 rings (SSSR count). The number of thiazole rings is 1. The molecule has 0 spiro atoms. The van der Waals surface area contributed by atoms with E-state index in [1.807, 2.05) is 30.3 Å². The van der Waals surface area contributed by atoms with Crippen LogP contribution < -0.4 is 10.0 Å². The van der Waals surface area contributed by atoms with E-state index < -0.39 is 22.7 Å². The van der Waals surface area contributed by atoms with Crippen molar-refractivity contribution in [1.29, 1.82) is 0 Å². The molecule has 10 nitrogen and oxygen atoms in total. The lowest BCUT2D eigenvalue weighted by molar-refractivity contribution is -0.143. The molecule has 3 N–H and O–H groups in total. The van der Waals surface area contributed by atoms with Gasteiger partial charge in [0.15, 0.2) is 0 Å². The topological polar surface area (TPSA) is 138 Å². The molecule has 2 aromatic carbocycles. The van der Waals surface area contributed by atoms with E-state index in [1.165, 1.54) is 11.3 Å². The monoisotopic (exact) mass is 660 g/mol. The van der Waals surface area contributed by atoms with Gasteiger partial charge in [-0.2, -0.15) is 4.72 Å². The molecule has 0 radical (unpaired) electrons. The number of hydrogen-bond donors (Lipinski definition) is 3. The highest BCUT2D eigenvalue weighted by atomic mass is 32.2. The number of para-hydroxylation sites is 1. The van der Waals surface area contributed by atoms with Crippen LogP contribution >= 0.6 is 11.3 Å². The number of ether oxygens (including phenoxy) is 1. The number of anilines is 1. The zero-order chi connectivity index (χ0) is 32.0. The molecule has 3 aromatic rings. The molecule has 1 amide bonds. The summed E-state index contributed by atoms with van der Waals surface area (Å²) in [5, 5.41) is 13.6. The van der Waals surface area contributed by atoms with Crippen LogP contribution in [0.3, 0.4) is 0 Å². The largest absolute Gasteiger partial charge is 0.466 e. The number of halogens is 1. The summed E-state index contributed by atoms with van der Waals surface area (Å²) in [7, 11) is -4.26. The molecular formula is C32H41FN4O6S2.